The molecule has 0 atom stereocenters. The van der Waals surface area contributed by atoms with Gasteiger partial charge in [-0.15, -0.1) is 0 Å². The van der Waals surface area contributed by atoms with Crippen molar-refractivity contribution in [1.29, 1.82) is 0 Å². The van der Waals surface area contributed by atoms with Crippen LogP contribution < -0.4 is 5.32 Å². The van der Waals surface area contributed by atoms with Crippen molar-refractivity contribution in [2.45, 2.75) is 51.9 Å². The molecular formula is C36H44ClF3N10O4. The van der Waals surface area contributed by atoms with E-state index in [0.29, 0.717) is 45.0 Å². The van der Waals surface area contributed by atoms with Gasteiger partial charge >= 0.3 is 6.18 Å². The lowest BCUT2D eigenvalue weighted by molar-refractivity contribution is -0.141. The Kier molecular flexibility index (Phi) is 11.2. The van der Waals surface area contributed by atoms with E-state index in [1.54, 1.807) is 11.1 Å². The fourth-order valence-electron chi connectivity index (χ4n) is 6.86. The molecule has 54 heavy (non-hydrogen) atoms. The number of methoxy groups -OCH3 is 1. The number of hydrogen-bond donors (Lipinski definition) is 1. The molecule has 0 saturated carbocycles. The summed E-state index contributed by atoms with van der Waals surface area (Å²) in [5.41, 5.74) is -0.541. The highest BCUT2D eigenvalue weighted by Crippen LogP contribution is 2.37. The van der Waals surface area contributed by atoms with Gasteiger partial charge in [-0.1, -0.05) is 11.6 Å². The van der Waals surface area contributed by atoms with Crippen molar-refractivity contribution in [2.75, 3.05) is 58.3 Å². The van der Waals surface area contributed by atoms with Crippen LogP contribution in [0.3, 0.4) is 0 Å². The third-order valence-electron chi connectivity index (χ3n) is 9.99. The Bertz CT molecular complexity index is 2000. The first-order chi connectivity index (χ1) is 25.5. The average Bonchev–Trinajstić information content (AvgIpc) is 3.88. The van der Waals surface area contributed by atoms with Gasteiger partial charge in [0.2, 0.25) is 5.91 Å². The van der Waals surface area contributed by atoms with E-state index in [0.717, 1.165) is 30.6 Å². The van der Waals surface area contributed by atoms with Crippen molar-refractivity contribution in [3.8, 4) is 16.9 Å². The molecule has 3 amide bonds. The number of hydrogen-bond acceptors (Lipinski definition) is 8. The normalized spacial score (nSPS) is 16.2. The topological polar surface area (TPSA) is 136 Å². The van der Waals surface area contributed by atoms with Crippen molar-refractivity contribution >= 4 is 35.0 Å². The maximum atomic E-state index is 14.1. The molecule has 0 bridgehead atoms. The molecule has 4 aromatic rings. The summed E-state index contributed by atoms with van der Waals surface area (Å²) in [6.07, 6.45) is 2.16. The summed E-state index contributed by atoms with van der Waals surface area (Å²) in [5, 5.41) is 10.7. The number of piperidine rings is 1. The van der Waals surface area contributed by atoms with Crippen molar-refractivity contribution in [2.24, 2.45) is 13.0 Å². The summed E-state index contributed by atoms with van der Waals surface area (Å²) < 4.78 is 51.3. The van der Waals surface area contributed by atoms with Crippen molar-refractivity contribution in [3.05, 3.63) is 65.1 Å². The van der Waals surface area contributed by atoms with Gasteiger partial charge in [-0.05, 0) is 64.9 Å². The number of imidazole rings is 1. The van der Waals surface area contributed by atoms with Crippen molar-refractivity contribution in [3.63, 3.8) is 0 Å². The second-order valence-corrected chi connectivity index (χ2v) is 14.9. The van der Waals surface area contributed by atoms with Crippen molar-refractivity contribution < 1.29 is 32.3 Å². The van der Waals surface area contributed by atoms with Gasteiger partial charge in [-0.3, -0.25) is 24.0 Å². The number of anilines is 1. The van der Waals surface area contributed by atoms with Gasteiger partial charge in [-0.25, -0.2) is 9.67 Å². The van der Waals surface area contributed by atoms with Gasteiger partial charge in [-0.2, -0.15) is 23.4 Å². The number of nitrogens with one attached hydrogen (secondary N) is 1. The van der Waals surface area contributed by atoms with E-state index in [1.807, 2.05) is 4.90 Å². The monoisotopic (exact) mass is 772 g/mol. The number of carbonyl (C=O) groups excluding carboxylic acids is 3. The van der Waals surface area contributed by atoms with E-state index in [1.165, 1.54) is 60.2 Å². The highest BCUT2D eigenvalue weighted by atomic mass is 35.5. The Balaban J connectivity index is 1.08. The summed E-state index contributed by atoms with van der Waals surface area (Å²) in [6, 6.07) is 4.45. The molecule has 290 valence electrons. The van der Waals surface area contributed by atoms with Gasteiger partial charge in [0.25, 0.3) is 11.8 Å². The van der Waals surface area contributed by atoms with E-state index >= 15 is 0 Å². The third-order valence-corrected chi connectivity index (χ3v) is 10.3. The van der Waals surface area contributed by atoms with Crippen LogP contribution in [0, 0.1) is 5.92 Å². The maximum absolute atomic E-state index is 14.1. The number of ether oxygens (including phenoxy) is 1. The molecule has 0 aliphatic carbocycles. The largest absolute Gasteiger partial charge is 0.435 e. The summed E-state index contributed by atoms with van der Waals surface area (Å²) in [4.78, 5) is 50.0. The average molecular weight is 773 g/mol. The predicted octanol–water partition coefficient (Wildman–Crippen LogP) is 4.84. The van der Waals surface area contributed by atoms with Crippen LogP contribution in [-0.4, -0.2) is 120 Å². The van der Waals surface area contributed by atoms with Crippen LogP contribution in [0.15, 0.2) is 43.0 Å². The fraction of sp³-hybridized carbons (Fsp3) is 0.500. The summed E-state index contributed by atoms with van der Waals surface area (Å²) in [5.74, 6) is -1.02. The number of carbonyl (C=O) groups is 3. The highest BCUT2D eigenvalue weighted by molar-refractivity contribution is 6.34. The van der Waals surface area contributed by atoms with Crippen LogP contribution >= 0.6 is 11.6 Å². The molecule has 1 aromatic carbocycles. The van der Waals surface area contributed by atoms with Crippen LogP contribution in [0.5, 0.6) is 0 Å². The standard InChI is InChI=1S/C36H44ClF3N10O4/c1-35(2,3)48-10-8-23(9-11-48)33(52)46-12-14-47(15-13-46)34(53)26-7-6-24(18-28(26)37)43-32(51)31-41-20-29(45(31)4)27-22-50(44-30(27)36(38,39)40)25-19-42-49(21-25)16-17-54-5/h6-7,18-23H,8-17H2,1-5H3,(H,43,51). The van der Waals surface area contributed by atoms with Gasteiger partial charge in [0, 0.05) is 63.7 Å². The number of benzene rings is 1. The fourth-order valence-corrected chi connectivity index (χ4v) is 7.12. The molecule has 2 saturated heterocycles. The number of halogens is 4. The van der Waals surface area contributed by atoms with Crippen LogP contribution in [0.4, 0.5) is 18.9 Å². The Hall–Kier alpha value is -4.74. The van der Waals surface area contributed by atoms with Gasteiger partial charge in [0.05, 0.1) is 53.6 Å². The number of alkyl halides is 3. The molecular weight excluding hydrogens is 729 g/mol. The Morgan fingerprint density at radius 3 is 2.30 bits per heavy atom. The number of nitrogens with zero attached hydrogens (tertiary/aromatic N) is 9. The summed E-state index contributed by atoms with van der Waals surface area (Å²) in [6.45, 7) is 10.7. The third kappa shape index (κ3) is 8.32. The Labute approximate surface area is 315 Å². The molecule has 5 heterocycles. The molecule has 18 heteroatoms. The van der Waals surface area contributed by atoms with Gasteiger partial charge in [0.15, 0.2) is 11.5 Å². The highest BCUT2D eigenvalue weighted by Gasteiger charge is 2.39. The lowest BCUT2D eigenvalue weighted by atomic mass is 9.91. The molecule has 6 rings (SSSR count). The van der Waals surface area contributed by atoms with Gasteiger partial charge < -0.3 is 24.4 Å². The van der Waals surface area contributed by atoms with E-state index in [2.05, 4.69) is 46.2 Å². The first-order valence-electron chi connectivity index (χ1n) is 17.7. The molecule has 2 aliphatic heterocycles. The quantitative estimate of drug-likeness (QED) is 0.256. The lowest BCUT2D eigenvalue weighted by Crippen LogP contribution is -2.54. The Morgan fingerprint density at radius 1 is 0.981 bits per heavy atom. The van der Waals surface area contributed by atoms with Crippen LogP contribution in [0.25, 0.3) is 16.9 Å². The number of amides is 3. The van der Waals surface area contributed by atoms with E-state index in [-0.39, 0.29) is 56.6 Å². The summed E-state index contributed by atoms with van der Waals surface area (Å²) >= 11 is 6.54. The number of rotatable bonds is 9. The maximum Gasteiger partial charge on any atom is 0.435 e. The summed E-state index contributed by atoms with van der Waals surface area (Å²) in [7, 11) is 2.96. The molecule has 14 nitrogen and oxygen atoms in total. The zero-order valence-electron chi connectivity index (χ0n) is 30.9. The molecule has 2 fully saturated rings. The minimum absolute atomic E-state index is 0.00919. The number of likely N-dealkylation sites (tertiary alicyclic amines) is 1. The van der Waals surface area contributed by atoms with Crippen molar-refractivity contribution in [1.82, 2.24) is 43.8 Å². The Morgan fingerprint density at radius 2 is 1.67 bits per heavy atom. The molecule has 3 aromatic heterocycles. The zero-order valence-corrected chi connectivity index (χ0v) is 31.6. The molecule has 2 aliphatic rings. The first kappa shape index (κ1) is 39.0. The van der Waals surface area contributed by atoms with Crippen LogP contribution in [0.1, 0.15) is 60.3 Å². The second kappa shape index (κ2) is 15.5. The van der Waals surface area contributed by atoms with E-state index in [9.17, 15) is 27.6 Å². The first-order valence-corrected chi connectivity index (χ1v) is 18.1. The van der Waals surface area contributed by atoms with Crippen LogP contribution in [0.2, 0.25) is 5.02 Å². The second-order valence-electron chi connectivity index (χ2n) is 14.5. The minimum Gasteiger partial charge on any atom is -0.383 e. The molecule has 1 N–H and O–H groups in total. The SMILES string of the molecule is COCCn1cc(-n2cc(-c3cnc(C(=O)Nc4ccc(C(=O)N5CCN(C(=O)C6CCN(C(C)(C)C)CC6)CC5)c(Cl)c4)n3C)c(C(F)(F)F)n2)cn1. The van der Waals surface area contributed by atoms with Crippen LogP contribution in [-0.2, 0) is 29.3 Å². The molecule has 0 radical (unpaired) electrons. The molecule has 0 spiro atoms. The number of aromatic nitrogens is 6. The number of piperazine rings is 1. The molecule has 0 unspecified atom stereocenters. The smallest absolute Gasteiger partial charge is 0.383 e. The zero-order chi connectivity index (χ0) is 38.9. The van der Waals surface area contributed by atoms with E-state index < -0.39 is 17.8 Å². The minimum atomic E-state index is -4.80. The lowest BCUT2D eigenvalue weighted by Gasteiger charge is -2.42. The van der Waals surface area contributed by atoms with Gasteiger partial charge in [0.1, 0.15) is 5.69 Å². The predicted molar refractivity (Wildman–Crippen MR) is 194 cm³/mol. The van der Waals surface area contributed by atoms with E-state index in [4.69, 9.17) is 16.3 Å².